The van der Waals surface area contributed by atoms with E-state index in [1.165, 1.54) is 27.9 Å². The largest absolute Gasteiger partial charge is 0.471 e. The minimum atomic E-state index is -4.92. The highest BCUT2D eigenvalue weighted by atomic mass is 33.1. The van der Waals surface area contributed by atoms with Crippen LogP contribution >= 0.6 is 43.2 Å². The Morgan fingerprint density at radius 1 is 1.21 bits per heavy atom. The first-order chi connectivity index (χ1) is 22.0. The van der Waals surface area contributed by atoms with Crippen LogP contribution in [0.1, 0.15) is 52.8 Å². The summed E-state index contributed by atoms with van der Waals surface area (Å²) in [4.78, 5) is 26.3. The molecule has 11 nitrogen and oxygen atoms in total. The first-order valence-corrected chi connectivity index (χ1v) is 19.1. The molecule has 18 heteroatoms. The first kappa shape index (κ1) is 39.6. The highest BCUT2D eigenvalue weighted by Crippen LogP contribution is 2.39. The fourth-order valence-corrected chi connectivity index (χ4v) is 8.18. The van der Waals surface area contributed by atoms with Gasteiger partial charge in [-0.2, -0.15) is 13.2 Å². The third-order valence-electron chi connectivity index (χ3n) is 6.06. The molecule has 0 bridgehead atoms. The van der Waals surface area contributed by atoms with Gasteiger partial charge in [0.1, 0.15) is 42.8 Å². The van der Waals surface area contributed by atoms with Crippen molar-refractivity contribution < 1.29 is 37.3 Å². The number of carbonyl (C=O) groups is 1. The van der Waals surface area contributed by atoms with E-state index >= 15 is 0 Å². The number of rotatable bonds is 15. The Morgan fingerprint density at radius 2 is 1.94 bits per heavy atom. The van der Waals surface area contributed by atoms with E-state index < -0.39 is 29.2 Å². The average molecular weight is 739 g/mol. The molecule has 47 heavy (non-hydrogen) atoms. The molecule has 1 unspecified atom stereocenters. The summed E-state index contributed by atoms with van der Waals surface area (Å²) in [6, 6.07) is 0. The number of nitrogens with zero attached hydrogens (tertiary/aromatic N) is 5. The van der Waals surface area contributed by atoms with Crippen molar-refractivity contribution in [3.05, 3.63) is 18.1 Å². The molecule has 0 aliphatic carbocycles. The molecule has 0 saturated carbocycles. The van der Waals surface area contributed by atoms with Crippen LogP contribution in [0.15, 0.2) is 17.5 Å². The molecule has 1 aliphatic heterocycles. The van der Waals surface area contributed by atoms with Gasteiger partial charge in [0, 0.05) is 42.8 Å². The second kappa shape index (κ2) is 17.7. The van der Waals surface area contributed by atoms with Gasteiger partial charge in [-0.3, -0.25) is 4.79 Å². The molecule has 3 rings (SSSR count). The zero-order valence-corrected chi connectivity index (χ0v) is 30.6. The van der Waals surface area contributed by atoms with E-state index in [-0.39, 0.29) is 36.5 Å². The van der Waals surface area contributed by atoms with Crippen LogP contribution in [0.5, 0.6) is 0 Å². The molecule has 0 radical (unpaired) electrons. The molecule has 3 heterocycles. The Kier molecular flexibility index (Phi) is 14.9. The van der Waals surface area contributed by atoms with Crippen LogP contribution in [0.2, 0.25) is 0 Å². The van der Waals surface area contributed by atoms with Gasteiger partial charge in [-0.15, -0.1) is 0 Å². The van der Waals surface area contributed by atoms with Gasteiger partial charge in [0.2, 0.25) is 0 Å². The number of hydrogen-bond acceptors (Lipinski definition) is 12. The Balaban J connectivity index is 1.69. The molecule has 2 aromatic heterocycles. The maximum absolute atomic E-state index is 12.5. The molecule has 262 valence electrons. The van der Waals surface area contributed by atoms with Crippen LogP contribution in [0.4, 0.5) is 19.0 Å². The highest BCUT2D eigenvalue weighted by Gasteiger charge is 2.39. The van der Waals surface area contributed by atoms with Gasteiger partial charge in [-0.25, -0.2) is 15.0 Å². The number of ether oxygens (including phenoxy) is 3. The lowest BCUT2D eigenvalue weighted by Crippen LogP contribution is -2.42. The number of aliphatic hydroxyl groups is 1. The number of nitrogens with one attached hydrogen (secondary N) is 1. The monoisotopic (exact) mass is 738 g/mol. The summed E-state index contributed by atoms with van der Waals surface area (Å²) in [5, 5.41) is 12.6. The van der Waals surface area contributed by atoms with Crippen molar-refractivity contribution >= 4 is 72.3 Å². The van der Waals surface area contributed by atoms with Gasteiger partial charge in [0.25, 0.3) is 0 Å². The zero-order chi connectivity index (χ0) is 34.8. The normalized spacial score (nSPS) is 18.9. The molecule has 2 N–H and O–H groups in total. The van der Waals surface area contributed by atoms with Crippen molar-refractivity contribution in [2.24, 2.45) is 4.99 Å². The predicted molar refractivity (Wildman–Crippen MR) is 186 cm³/mol. The number of hydrogen-bond donors (Lipinski definition) is 2. The van der Waals surface area contributed by atoms with Crippen molar-refractivity contribution in [1.82, 2.24) is 24.8 Å². The van der Waals surface area contributed by atoms with Crippen LogP contribution < -0.4 is 5.32 Å². The van der Waals surface area contributed by atoms with Gasteiger partial charge in [0.05, 0.1) is 30.0 Å². The van der Waals surface area contributed by atoms with Crippen molar-refractivity contribution in [1.29, 1.82) is 0 Å². The van der Waals surface area contributed by atoms with E-state index in [9.17, 15) is 23.1 Å². The van der Waals surface area contributed by atoms with Crippen LogP contribution in [0.3, 0.4) is 0 Å². The van der Waals surface area contributed by atoms with E-state index in [1.807, 2.05) is 30.2 Å². The van der Waals surface area contributed by atoms with Crippen LogP contribution in [-0.4, -0.2) is 110 Å². The quantitative estimate of drug-likeness (QED) is 0.0589. The SMILES string of the molecule is CN(C)C=Nc1ncnc2c1c(C#CCOCSSC(C)(C)CNC(=O)C(F)(F)F)cn2[C@H]1CC(OCSSC(C)(C)C)[C@@H](CO)O1. The summed E-state index contributed by atoms with van der Waals surface area (Å²) in [6.07, 6.45) is -0.811. The minimum absolute atomic E-state index is 0.0855. The maximum atomic E-state index is 12.5. The Bertz CT molecular complexity index is 1430. The number of amides is 1. The molecule has 0 spiro atoms. The molecular formula is C29H41F3N6O5S4. The summed E-state index contributed by atoms with van der Waals surface area (Å²) in [6.45, 7) is 9.60. The lowest BCUT2D eigenvalue weighted by Gasteiger charge is -2.23. The van der Waals surface area contributed by atoms with Gasteiger partial charge in [0.15, 0.2) is 5.82 Å². The molecule has 0 aromatic carbocycles. The molecule has 1 aliphatic rings. The smallest absolute Gasteiger partial charge is 0.394 e. The molecule has 1 saturated heterocycles. The highest BCUT2D eigenvalue weighted by molar-refractivity contribution is 8.77. The summed E-state index contributed by atoms with van der Waals surface area (Å²) >= 11 is 0. The number of alkyl halides is 3. The maximum Gasteiger partial charge on any atom is 0.471 e. The molecule has 3 atom stereocenters. The lowest BCUT2D eigenvalue weighted by molar-refractivity contribution is -0.173. The number of carbonyl (C=O) groups excluding carboxylic acids is 1. The number of aromatic nitrogens is 3. The molecule has 2 aromatic rings. The molecule has 1 fully saturated rings. The third-order valence-corrected chi connectivity index (χ3v) is 12.0. The van der Waals surface area contributed by atoms with Crippen LogP contribution in [0.25, 0.3) is 11.0 Å². The lowest BCUT2D eigenvalue weighted by atomic mass is 10.2. The van der Waals surface area contributed by atoms with Crippen molar-refractivity contribution in [2.75, 3.05) is 45.7 Å². The topological polar surface area (TPSA) is 123 Å². The van der Waals surface area contributed by atoms with E-state index in [0.717, 1.165) is 0 Å². The number of aliphatic imine (C=N–C) groups is 1. The standard InChI is InChI=1S/C29H41F3N6O5S4/c1-27(2,3)46-45-18-42-20-11-22(43-21(20)13-39)38-12-19(23-24(36-16-37(6)7)34-15-35-25(23)38)9-8-10-41-17-44-47-28(4,5)14-33-26(40)29(30,31)32/h12,15-16,20-22,39H,10-11,13-14,17-18H2,1-7H3,(H,33,40)/t20?,21-,22-/m1/s1. The third kappa shape index (κ3) is 12.8. The van der Waals surface area contributed by atoms with Crippen LogP contribution in [-0.2, 0) is 19.0 Å². The van der Waals surface area contributed by atoms with Crippen molar-refractivity contribution in [2.45, 2.75) is 75.1 Å². The molecular weight excluding hydrogens is 698 g/mol. The number of aliphatic hydroxyl groups excluding tert-OH is 1. The van der Waals surface area contributed by atoms with Gasteiger partial charge >= 0.3 is 12.1 Å². The Hall–Kier alpha value is -1.85. The fraction of sp³-hybridized carbons (Fsp3) is 0.655. The van der Waals surface area contributed by atoms with E-state index in [4.69, 9.17) is 14.2 Å². The van der Waals surface area contributed by atoms with E-state index in [1.54, 1.807) is 46.7 Å². The van der Waals surface area contributed by atoms with E-state index in [0.29, 0.717) is 34.8 Å². The van der Waals surface area contributed by atoms with Gasteiger partial charge < -0.3 is 34.1 Å². The van der Waals surface area contributed by atoms with Crippen molar-refractivity contribution in [3.63, 3.8) is 0 Å². The fourth-order valence-electron chi connectivity index (χ4n) is 4.04. The number of fused-ring (bicyclic) bond motifs is 1. The molecule has 1 amide bonds. The minimum Gasteiger partial charge on any atom is -0.394 e. The van der Waals surface area contributed by atoms with Gasteiger partial charge in [-0.05, 0) is 13.8 Å². The Morgan fingerprint density at radius 3 is 2.60 bits per heavy atom. The second-order valence-corrected chi connectivity index (χ2v) is 18.2. The van der Waals surface area contributed by atoms with E-state index in [2.05, 4.69) is 47.6 Å². The summed E-state index contributed by atoms with van der Waals surface area (Å²) in [7, 11) is 9.65. The Labute approximate surface area is 289 Å². The summed E-state index contributed by atoms with van der Waals surface area (Å²) < 4.78 is 56.6. The van der Waals surface area contributed by atoms with Crippen molar-refractivity contribution in [3.8, 4) is 11.8 Å². The number of halogens is 3. The van der Waals surface area contributed by atoms with Crippen LogP contribution in [0, 0.1) is 11.8 Å². The predicted octanol–water partition coefficient (Wildman–Crippen LogP) is 5.62. The summed E-state index contributed by atoms with van der Waals surface area (Å²) in [5.41, 5.74) is 1.19. The average Bonchev–Trinajstić information content (AvgIpc) is 3.57. The first-order valence-electron chi connectivity index (χ1n) is 14.5. The summed E-state index contributed by atoms with van der Waals surface area (Å²) in [5.74, 6) is 5.28. The van der Waals surface area contributed by atoms with Gasteiger partial charge in [-0.1, -0.05) is 75.8 Å². The zero-order valence-electron chi connectivity index (χ0n) is 27.3. The second-order valence-electron chi connectivity index (χ2n) is 12.1.